The number of hydrogen-bond acceptors (Lipinski definition) is 3. The molecule has 0 aliphatic rings. The van der Waals surface area contributed by atoms with Gasteiger partial charge in [-0.15, -0.1) is 0 Å². The third kappa shape index (κ3) is 3.40. The first-order valence-corrected chi connectivity index (χ1v) is 8.21. The van der Waals surface area contributed by atoms with Gasteiger partial charge in [-0.25, -0.2) is 4.98 Å². The number of phenolic OH excluding ortho intramolecular Hbond substituents is 1. The number of aryl methyl sites for hydroxylation is 1. The quantitative estimate of drug-likeness (QED) is 0.733. The molecule has 0 fully saturated rings. The Morgan fingerprint density at radius 3 is 2.71 bits per heavy atom. The van der Waals surface area contributed by atoms with Crippen molar-refractivity contribution in [2.24, 2.45) is 0 Å². The molecule has 24 heavy (non-hydrogen) atoms. The third-order valence-electron chi connectivity index (χ3n) is 3.94. The summed E-state index contributed by atoms with van der Waals surface area (Å²) < 4.78 is 1.85. The molecule has 3 aromatic rings. The highest BCUT2D eigenvalue weighted by Gasteiger charge is 2.18. The fourth-order valence-corrected chi connectivity index (χ4v) is 2.76. The van der Waals surface area contributed by atoms with Gasteiger partial charge in [0.05, 0.1) is 5.69 Å². The first kappa shape index (κ1) is 16.1. The van der Waals surface area contributed by atoms with Crippen LogP contribution in [0.3, 0.4) is 0 Å². The molecule has 2 heterocycles. The first-order valence-electron chi connectivity index (χ1n) is 8.21. The monoisotopic (exact) mass is 323 g/mol. The van der Waals surface area contributed by atoms with Crippen LogP contribution in [0.15, 0.2) is 48.7 Å². The van der Waals surface area contributed by atoms with Crippen LogP contribution in [0.4, 0.5) is 0 Å². The Bertz CT molecular complexity index is 837. The number of benzene rings is 1. The van der Waals surface area contributed by atoms with Crippen LogP contribution in [0.5, 0.6) is 5.75 Å². The topological polar surface area (TPSA) is 66.6 Å². The Hall–Kier alpha value is -2.82. The standard InChI is InChI=1S/C19H21N3O2/c1-2-5-16-18(22-13-4-3-6-17(22)21-16)19(24)20-12-11-14-7-9-15(23)10-8-14/h3-4,6-10,13,23H,2,5,11-12H2,1H3,(H,20,24). The Balaban J connectivity index is 1.73. The second kappa shape index (κ2) is 7.17. The summed E-state index contributed by atoms with van der Waals surface area (Å²) in [7, 11) is 0. The number of phenols is 1. The van der Waals surface area contributed by atoms with Crippen molar-refractivity contribution in [2.45, 2.75) is 26.2 Å². The number of carbonyl (C=O) groups is 1. The number of nitrogens with zero attached hydrogens (tertiary/aromatic N) is 2. The fourth-order valence-electron chi connectivity index (χ4n) is 2.76. The predicted octanol–water partition coefficient (Wildman–Crippen LogP) is 2.96. The van der Waals surface area contributed by atoms with Crippen molar-refractivity contribution in [2.75, 3.05) is 6.54 Å². The predicted molar refractivity (Wildman–Crippen MR) is 93.3 cm³/mol. The minimum atomic E-state index is -0.101. The van der Waals surface area contributed by atoms with E-state index in [1.165, 1.54) is 0 Å². The SMILES string of the molecule is CCCc1nc2ccccn2c1C(=O)NCCc1ccc(O)cc1. The maximum absolute atomic E-state index is 12.6. The molecular weight excluding hydrogens is 302 g/mol. The van der Waals surface area contributed by atoms with Gasteiger partial charge in [0.25, 0.3) is 5.91 Å². The van der Waals surface area contributed by atoms with Crippen LogP contribution in [0.2, 0.25) is 0 Å². The lowest BCUT2D eigenvalue weighted by Crippen LogP contribution is -2.27. The minimum absolute atomic E-state index is 0.101. The van der Waals surface area contributed by atoms with Crippen molar-refractivity contribution in [3.05, 3.63) is 65.6 Å². The van der Waals surface area contributed by atoms with Gasteiger partial charge in [-0.05, 0) is 42.7 Å². The zero-order valence-corrected chi connectivity index (χ0v) is 13.7. The summed E-state index contributed by atoms with van der Waals surface area (Å²) in [5, 5.41) is 12.3. The zero-order valence-electron chi connectivity index (χ0n) is 13.7. The van der Waals surface area contributed by atoms with Gasteiger partial charge in [-0.2, -0.15) is 0 Å². The van der Waals surface area contributed by atoms with Crippen LogP contribution >= 0.6 is 0 Å². The van der Waals surface area contributed by atoms with E-state index in [9.17, 15) is 9.90 Å². The molecule has 5 nitrogen and oxygen atoms in total. The number of nitrogens with one attached hydrogen (secondary N) is 1. The number of carbonyl (C=O) groups excluding carboxylic acids is 1. The third-order valence-corrected chi connectivity index (χ3v) is 3.94. The normalized spacial score (nSPS) is 10.9. The van der Waals surface area contributed by atoms with Gasteiger partial charge in [0.1, 0.15) is 17.1 Å². The van der Waals surface area contributed by atoms with E-state index in [-0.39, 0.29) is 11.7 Å². The van der Waals surface area contributed by atoms with E-state index in [2.05, 4.69) is 17.2 Å². The summed E-state index contributed by atoms with van der Waals surface area (Å²) in [4.78, 5) is 17.2. The number of fused-ring (bicyclic) bond motifs is 1. The van der Waals surface area contributed by atoms with Crippen molar-refractivity contribution < 1.29 is 9.90 Å². The summed E-state index contributed by atoms with van der Waals surface area (Å²) in [6, 6.07) is 12.8. The molecule has 0 saturated heterocycles. The molecule has 2 N–H and O–H groups in total. The number of rotatable bonds is 6. The molecule has 1 amide bonds. The Morgan fingerprint density at radius 1 is 1.17 bits per heavy atom. The highest BCUT2D eigenvalue weighted by molar-refractivity contribution is 5.94. The smallest absolute Gasteiger partial charge is 0.270 e. The van der Waals surface area contributed by atoms with Crippen LogP contribution in [0, 0.1) is 0 Å². The van der Waals surface area contributed by atoms with Crippen molar-refractivity contribution in [3.63, 3.8) is 0 Å². The van der Waals surface area contributed by atoms with Crippen LogP contribution in [0.25, 0.3) is 5.65 Å². The molecule has 0 unspecified atom stereocenters. The van der Waals surface area contributed by atoms with Gasteiger partial charge < -0.3 is 10.4 Å². The second-order valence-electron chi connectivity index (χ2n) is 5.76. The minimum Gasteiger partial charge on any atom is -0.508 e. The second-order valence-corrected chi connectivity index (χ2v) is 5.76. The Labute approximate surface area is 141 Å². The summed E-state index contributed by atoms with van der Waals surface area (Å²) in [5.41, 5.74) is 3.33. The van der Waals surface area contributed by atoms with Crippen molar-refractivity contribution in [1.82, 2.24) is 14.7 Å². The molecule has 3 rings (SSSR count). The van der Waals surface area contributed by atoms with Crippen LogP contribution < -0.4 is 5.32 Å². The van der Waals surface area contributed by atoms with Crippen molar-refractivity contribution >= 4 is 11.6 Å². The van der Waals surface area contributed by atoms with E-state index in [0.29, 0.717) is 18.7 Å². The number of amides is 1. The average Bonchev–Trinajstić information content (AvgIpc) is 2.95. The lowest BCUT2D eigenvalue weighted by molar-refractivity contribution is 0.0947. The van der Waals surface area contributed by atoms with Crippen LogP contribution in [-0.4, -0.2) is 26.9 Å². The molecule has 0 radical (unpaired) electrons. The molecule has 0 spiro atoms. The summed E-state index contributed by atoms with van der Waals surface area (Å²) >= 11 is 0. The molecular formula is C19H21N3O2. The maximum atomic E-state index is 12.6. The van der Waals surface area contributed by atoms with Gasteiger partial charge in [-0.3, -0.25) is 9.20 Å². The van der Waals surface area contributed by atoms with E-state index in [0.717, 1.165) is 29.7 Å². The van der Waals surface area contributed by atoms with E-state index in [1.807, 2.05) is 40.9 Å². The zero-order chi connectivity index (χ0) is 16.9. The van der Waals surface area contributed by atoms with Gasteiger partial charge in [-0.1, -0.05) is 31.5 Å². The van der Waals surface area contributed by atoms with E-state index < -0.39 is 0 Å². The van der Waals surface area contributed by atoms with Crippen LogP contribution in [0.1, 0.15) is 35.1 Å². The largest absolute Gasteiger partial charge is 0.508 e. The summed E-state index contributed by atoms with van der Waals surface area (Å²) in [5.74, 6) is 0.147. The maximum Gasteiger partial charge on any atom is 0.270 e. The molecule has 0 bridgehead atoms. The highest BCUT2D eigenvalue weighted by Crippen LogP contribution is 2.15. The van der Waals surface area contributed by atoms with Gasteiger partial charge in [0, 0.05) is 12.7 Å². The number of hydrogen-bond donors (Lipinski definition) is 2. The molecule has 1 aromatic carbocycles. The summed E-state index contributed by atoms with van der Waals surface area (Å²) in [6.07, 6.45) is 4.31. The number of aromatic nitrogens is 2. The highest BCUT2D eigenvalue weighted by atomic mass is 16.3. The van der Waals surface area contributed by atoms with Crippen molar-refractivity contribution in [3.8, 4) is 5.75 Å². The molecule has 2 aromatic heterocycles. The average molecular weight is 323 g/mol. The number of imidazole rings is 1. The summed E-state index contributed by atoms with van der Waals surface area (Å²) in [6.45, 7) is 2.62. The van der Waals surface area contributed by atoms with E-state index >= 15 is 0 Å². The molecule has 5 heteroatoms. The van der Waals surface area contributed by atoms with Crippen molar-refractivity contribution in [1.29, 1.82) is 0 Å². The molecule has 0 atom stereocenters. The van der Waals surface area contributed by atoms with E-state index in [1.54, 1.807) is 12.1 Å². The lowest BCUT2D eigenvalue weighted by atomic mass is 10.1. The van der Waals surface area contributed by atoms with Crippen LogP contribution in [-0.2, 0) is 12.8 Å². The molecule has 0 aliphatic carbocycles. The Morgan fingerprint density at radius 2 is 1.96 bits per heavy atom. The number of aromatic hydroxyl groups is 1. The number of pyridine rings is 1. The van der Waals surface area contributed by atoms with Gasteiger partial charge >= 0.3 is 0 Å². The molecule has 124 valence electrons. The van der Waals surface area contributed by atoms with Gasteiger partial charge in [0.15, 0.2) is 0 Å². The Kier molecular flexibility index (Phi) is 4.79. The van der Waals surface area contributed by atoms with Gasteiger partial charge in [0.2, 0.25) is 0 Å². The van der Waals surface area contributed by atoms with E-state index in [4.69, 9.17) is 0 Å². The molecule has 0 aliphatic heterocycles. The first-order chi connectivity index (χ1) is 11.7. The lowest BCUT2D eigenvalue weighted by Gasteiger charge is -2.07. The molecule has 0 saturated carbocycles. The fraction of sp³-hybridized carbons (Fsp3) is 0.263.